The first-order chi connectivity index (χ1) is 9.17. The van der Waals surface area contributed by atoms with Crippen LogP contribution in [-0.4, -0.2) is 35.7 Å². The molecule has 1 aliphatic heterocycles. The summed E-state index contributed by atoms with van der Waals surface area (Å²) in [6.07, 6.45) is 2.38. The zero-order valence-electron chi connectivity index (χ0n) is 11.0. The quantitative estimate of drug-likeness (QED) is 0.902. The molecule has 1 N–H and O–H groups in total. The first-order valence-corrected chi connectivity index (χ1v) is 6.82. The van der Waals surface area contributed by atoms with Crippen molar-refractivity contribution in [1.29, 1.82) is 0 Å². The van der Waals surface area contributed by atoms with E-state index in [-0.39, 0.29) is 5.41 Å². The van der Waals surface area contributed by atoms with Crippen molar-refractivity contribution in [2.24, 2.45) is 5.41 Å². The molecule has 1 heterocycles. The third-order valence-electron chi connectivity index (χ3n) is 4.07. The van der Waals surface area contributed by atoms with Crippen LogP contribution in [0, 0.1) is 5.41 Å². The van der Waals surface area contributed by atoms with Gasteiger partial charge in [-0.25, -0.2) is 0 Å². The SMILES string of the molecule is O=C(O)CC1(CN2CCOc3ccccc3C2)CC1. The van der Waals surface area contributed by atoms with Gasteiger partial charge in [0.25, 0.3) is 0 Å². The topological polar surface area (TPSA) is 49.8 Å². The van der Waals surface area contributed by atoms with E-state index in [4.69, 9.17) is 9.84 Å². The average molecular weight is 261 g/mol. The number of ether oxygens (including phenoxy) is 1. The second-order valence-corrected chi connectivity index (χ2v) is 5.74. The lowest BCUT2D eigenvalue weighted by Crippen LogP contribution is -2.33. The summed E-state index contributed by atoms with van der Waals surface area (Å²) in [6.45, 7) is 3.28. The molecule has 0 radical (unpaired) electrons. The van der Waals surface area contributed by atoms with E-state index in [1.54, 1.807) is 0 Å². The summed E-state index contributed by atoms with van der Waals surface area (Å²) in [4.78, 5) is 13.3. The Labute approximate surface area is 113 Å². The highest BCUT2D eigenvalue weighted by Gasteiger charge is 2.45. The Balaban J connectivity index is 1.68. The molecule has 3 rings (SSSR count). The summed E-state index contributed by atoms with van der Waals surface area (Å²) in [5.74, 6) is 0.289. The Morgan fingerprint density at radius 3 is 2.89 bits per heavy atom. The maximum Gasteiger partial charge on any atom is 0.303 e. The molecule has 1 saturated carbocycles. The third-order valence-corrected chi connectivity index (χ3v) is 4.07. The summed E-state index contributed by atoms with van der Waals surface area (Å²) in [7, 11) is 0. The van der Waals surface area contributed by atoms with E-state index in [9.17, 15) is 4.79 Å². The molecule has 1 aromatic rings. The van der Waals surface area contributed by atoms with Crippen LogP contribution in [0.4, 0.5) is 0 Å². The summed E-state index contributed by atoms with van der Waals surface area (Å²) in [6, 6.07) is 8.10. The molecular formula is C15H19NO3. The Morgan fingerprint density at radius 1 is 1.37 bits per heavy atom. The number of aliphatic carboxylic acids is 1. The van der Waals surface area contributed by atoms with Crippen molar-refractivity contribution in [3.63, 3.8) is 0 Å². The second kappa shape index (κ2) is 4.85. The molecule has 1 aromatic carbocycles. The Hall–Kier alpha value is -1.55. The van der Waals surface area contributed by atoms with Gasteiger partial charge in [0.2, 0.25) is 0 Å². The lowest BCUT2D eigenvalue weighted by atomic mass is 10.0. The highest BCUT2D eigenvalue weighted by atomic mass is 16.5. The smallest absolute Gasteiger partial charge is 0.303 e. The molecule has 0 aromatic heterocycles. The van der Waals surface area contributed by atoms with Gasteiger partial charge in [-0.2, -0.15) is 0 Å². The van der Waals surface area contributed by atoms with Crippen LogP contribution in [0.15, 0.2) is 24.3 Å². The lowest BCUT2D eigenvalue weighted by Gasteiger charge is -2.24. The van der Waals surface area contributed by atoms with Crippen molar-refractivity contribution in [2.75, 3.05) is 19.7 Å². The van der Waals surface area contributed by atoms with Crippen LogP contribution < -0.4 is 4.74 Å². The minimum Gasteiger partial charge on any atom is -0.492 e. The Kier molecular flexibility index (Phi) is 3.19. The van der Waals surface area contributed by atoms with E-state index in [0.717, 1.165) is 38.2 Å². The number of benzene rings is 1. The van der Waals surface area contributed by atoms with Crippen LogP contribution in [0.5, 0.6) is 5.75 Å². The first kappa shape index (κ1) is 12.5. The van der Waals surface area contributed by atoms with E-state index in [1.165, 1.54) is 5.56 Å². The fourth-order valence-corrected chi connectivity index (χ4v) is 2.88. The van der Waals surface area contributed by atoms with Crippen LogP contribution in [0.3, 0.4) is 0 Å². The molecule has 0 atom stereocenters. The molecule has 19 heavy (non-hydrogen) atoms. The monoisotopic (exact) mass is 261 g/mol. The number of nitrogens with zero attached hydrogens (tertiary/aromatic N) is 1. The Bertz CT molecular complexity index is 482. The summed E-state index contributed by atoms with van der Waals surface area (Å²) < 4.78 is 5.74. The van der Waals surface area contributed by atoms with E-state index in [1.807, 2.05) is 18.2 Å². The molecule has 1 aliphatic carbocycles. The van der Waals surface area contributed by atoms with Crippen molar-refractivity contribution < 1.29 is 14.6 Å². The van der Waals surface area contributed by atoms with E-state index in [0.29, 0.717) is 13.0 Å². The molecule has 0 bridgehead atoms. The zero-order chi connectivity index (χ0) is 13.3. The Morgan fingerprint density at radius 2 is 2.16 bits per heavy atom. The summed E-state index contributed by atoms with van der Waals surface area (Å²) >= 11 is 0. The number of carboxylic acid groups (broad SMARTS) is 1. The molecule has 4 heteroatoms. The van der Waals surface area contributed by atoms with Gasteiger partial charge in [0.1, 0.15) is 12.4 Å². The van der Waals surface area contributed by atoms with Gasteiger partial charge < -0.3 is 9.84 Å². The highest BCUT2D eigenvalue weighted by Crippen LogP contribution is 2.49. The fourth-order valence-electron chi connectivity index (χ4n) is 2.88. The molecule has 1 fully saturated rings. The molecule has 2 aliphatic rings. The minimum absolute atomic E-state index is 0.0190. The van der Waals surface area contributed by atoms with Crippen LogP contribution in [0.2, 0.25) is 0 Å². The number of carboxylic acids is 1. The van der Waals surface area contributed by atoms with Gasteiger partial charge in [-0.1, -0.05) is 18.2 Å². The third kappa shape index (κ3) is 2.89. The molecule has 0 spiro atoms. The minimum atomic E-state index is -0.677. The van der Waals surface area contributed by atoms with E-state index < -0.39 is 5.97 Å². The fraction of sp³-hybridized carbons (Fsp3) is 0.533. The van der Waals surface area contributed by atoms with Gasteiger partial charge in [-0.05, 0) is 24.3 Å². The van der Waals surface area contributed by atoms with Crippen molar-refractivity contribution in [2.45, 2.75) is 25.8 Å². The molecule has 4 nitrogen and oxygen atoms in total. The van der Waals surface area contributed by atoms with Crippen LogP contribution in [0.1, 0.15) is 24.8 Å². The maximum absolute atomic E-state index is 10.9. The number of fused-ring (bicyclic) bond motifs is 1. The first-order valence-electron chi connectivity index (χ1n) is 6.82. The van der Waals surface area contributed by atoms with Gasteiger partial charge in [-0.15, -0.1) is 0 Å². The van der Waals surface area contributed by atoms with Gasteiger partial charge in [-0.3, -0.25) is 9.69 Å². The predicted octanol–water partition coefficient (Wildman–Crippen LogP) is 2.14. The highest BCUT2D eigenvalue weighted by molar-refractivity contribution is 5.68. The van der Waals surface area contributed by atoms with Gasteiger partial charge in [0.05, 0.1) is 6.42 Å². The largest absolute Gasteiger partial charge is 0.492 e. The normalized spacial score (nSPS) is 21.1. The average Bonchev–Trinajstić information content (AvgIpc) is 3.12. The molecule has 0 amide bonds. The van der Waals surface area contributed by atoms with Crippen molar-refractivity contribution >= 4 is 5.97 Å². The van der Waals surface area contributed by atoms with Gasteiger partial charge >= 0.3 is 5.97 Å². The number of carbonyl (C=O) groups is 1. The van der Waals surface area contributed by atoms with Crippen LogP contribution >= 0.6 is 0 Å². The standard InChI is InChI=1S/C15H19NO3/c17-14(18)9-15(5-6-15)11-16-7-8-19-13-4-2-1-3-12(13)10-16/h1-4H,5-11H2,(H,17,18). The van der Waals surface area contributed by atoms with Crippen LogP contribution in [0.25, 0.3) is 0 Å². The number of hydrogen-bond donors (Lipinski definition) is 1. The van der Waals surface area contributed by atoms with Crippen molar-refractivity contribution in [1.82, 2.24) is 4.90 Å². The number of rotatable bonds is 4. The summed E-state index contributed by atoms with van der Waals surface area (Å²) in [5.41, 5.74) is 1.22. The second-order valence-electron chi connectivity index (χ2n) is 5.74. The van der Waals surface area contributed by atoms with Crippen molar-refractivity contribution in [3.05, 3.63) is 29.8 Å². The maximum atomic E-state index is 10.9. The van der Waals surface area contributed by atoms with Crippen LogP contribution in [-0.2, 0) is 11.3 Å². The van der Waals surface area contributed by atoms with Crippen molar-refractivity contribution in [3.8, 4) is 5.75 Å². The molecule has 0 unspecified atom stereocenters. The zero-order valence-corrected chi connectivity index (χ0v) is 11.0. The van der Waals surface area contributed by atoms with Gasteiger partial charge in [0, 0.05) is 25.2 Å². The van der Waals surface area contributed by atoms with E-state index >= 15 is 0 Å². The lowest BCUT2D eigenvalue weighted by molar-refractivity contribution is -0.138. The predicted molar refractivity (Wildman–Crippen MR) is 71.1 cm³/mol. The molecule has 0 saturated heterocycles. The summed E-state index contributed by atoms with van der Waals surface area (Å²) in [5, 5.41) is 8.99. The number of para-hydroxylation sites is 1. The van der Waals surface area contributed by atoms with E-state index in [2.05, 4.69) is 11.0 Å². The molecular weight excluding hydrogens is 242 g/mol. The van der Waals surface area contributed by atoms with Gasteiger partial charge in [0.15, 0.2) is 0 Å². The number of hydrogen-bond acceptors (Lipinski definition) is 3. The molecule has 102 valence electrons.